The molecular weight excluding hydrogens is 1630 g/mol. The number of unbranched alkanes of at least 4 members (excludes halogenated alkanes) is 11. The number of hydrogen-bond acceptors (Lipinski definition) is 35. The minimum absolute atomic E-state index is 0.0329. The SMILES string of the molecule is CC(=O)N[C@@H]1[C@@H](OCCCCCCNC(=O)CO[C@@H]2CC(C(=O)N(C)CCCCCC(=O)O)C[C@@H](OCC(=O)NCCCCCCO[C@@H]3O[C@H](COC(C)=O)[C@H](OC(C)=O)[C@H](OC(C)=O)[C@H]3NC(C)=O)C2OCC(=O)NCCCCCCO[C@@H]2O[C@H](COC(C)=O)[C@H](OC(C)=O)[C@H](OC(C)=O)[C@H]2NC(C)=O)O[C@H](COC(C)=O)[C@H](OC(C)=O)[C@@H]1OC(C)=O. The average Bonchev–Trinajstić information content (AvgIpc) is 0.803. The van der Waals surface area contributed by atoms with Gasteiger partial charge in [0.2, 0.25) is 41.4 Å². The lowest BCUT2D eigenvalue weighted by molar-refractivity contribution is -0.277. The highest BCUT2D eigenvalue weighted by molar-refractivity contribution is 5.80. The Labute approximate surface area is 714 Å². The van der Waals surface area contributed by atoms with Crippen LogP contribution in [0.5, 0.6) is 0 Å². The largest absolute Gasteiger partial charge is 0.481 e. The summed E-state index contributed by atoms with van der Waals surface area (Å²) in [5.74, 6) is -12.1. The zero-order chi connectivity index (χ0) is 91.3. The summed E-state index contributed by atoms with van der Waals surface area (Å²) in [5, 5.41) is 25.7. The van der Waals surface area contributed by atoms with Crippen molar-refractivity contribution < 1.29 is 172 Å². The van der Waals surface area contributed by atoms with Gasteiger partial charge in [-0.2, -0.15) is 0 Å². The first kappa shape index (κ1) is 106. The summed E-state index contributed by atoms with van der Waals surface area (Å²) < 4.78 is 104. The first-order valence-electron chi connectivity index (χ1n) is 41.5. The lowest BCUT2D eigenvalue weighted by Gasteiger charge is -2.44. The van der Waals surface area contributed by atoms with Gasteiger partial charge in [0.05, 0.1) is 12.2 Å². The number of carboxylic acid groups (broad SMARTS) is 1. The molecule has 698 valence electrons. The third-order valence-electron chi connectivity index (χ3n) is 19.4. The molecule has 0 spiro atoms. The third-order valence-corrected chi connectivity index (χ3v) is 19.4. The fraction of sp³-hybridized carbons (Fsp3) is 0.787. The Morgan fingerprint density at radius 2 is 0.618 bits per heavy atom. The molecule has 3 saturated heterocycles. The molecule has 0 radical (unpaired) electrons. The lowest BCUT2D eigenvalue weighted by Crippen LogP contribution is -2.66. The molecular formula is C80H127N7O36. The number of aliphatic carboxylic acids is 1. The number of hydrogen-bond donors (Lipinski definition) is 7. The molecule has 2 unspecified atom stereocenters. The molecule has 0 aromatic carbocycles. The molecule has 4 fully saturated rings. The summed E-state index contributed by atoms with van der Waals surface area (Å²) >= 11 is 0. The van der Waals surface area contributed by atoms with E-state index in [0.29, 0.717) is 96.3 Å². The van der Waals surface area contributed by atoms with Gasteiger partial charge in [0.1, 0.15) is 82.2 Å². The van der Waals surface area contributed by atoms with E-state index in [-0.39, 0.29) is 71.2 Å². The molecule has 0 bridgehead atoms. The van der Waals surface area contributed by atoms with E-state index in [0.717, 1.165) is 62.3 Å². The normalized spacial score (nSPS) is 25.3. The minimum atomic E-state index is -1.31. The Balaban J connectivity index is 1.47. The van der Waals surface area contributed by atoms with E-state index in [9.17, 15) is 86.6 Å². The maximum Gasteiger partial charge on any atom is 0.303 e. The van der Waals surface area contributed by atoms with Crippen LogP contribution >= 0.6 is 0 Å². The van der Waals surface area contributed by atoms with Crippen molar-refractivity contribution in [3.63, 3.8) is 0 Å². The highest BCUT2D eigenvalue weighted by Gasteiger charge is 2.55. The number of ether oxygens (including phenoxy) is 18. The van der Waals surface area contributed by atoms with Gasteiger partial charge in [-0.1, -0.05) is 44.9 Å². The van der Waals surface area contributed by atoms with Gasteiger partial charge in [-0.3, -0.25) is 81.5 Å². The van der Waals surface area contributed by atoms with Crippen molar-refractivity contribution in [3.8, 4) is 0 Å². The average molecular weight is 1760 g/mol. The number of esters is 9. The fourth-order valence-electron chi connectivity index (χ4n) is 14.1. The second-order valence-electron chi connectivity index (χ2n) is 30.2. The van der Waals surface area contributed by atoms with Crippen molar-refractivity contribution in [2.75, 3.05) is 92.7 Å². The summed E-state index contributed by atoms with van der Waals surface area (Å²) in [5.41, 5.74) is 0. The molecule has 1 saturated carbocycles. The number of rotatable bonds is 55. The van der Waals surface area contributed by atoms with Crippen LogP contribution in [0.3, 0.4) is 0 Å². The van der Waals surface area contributed by atoms with Crippen molar-refractivity contribution >= 4 is 101 Å². The van der Waals surface area contributed by atoms with Gasteiger partial charge in [0.15, 0.2) is 55.5 Å². The molecule has 7 N–H and O–H groups in total. The molecule has 7 amide bonds. The van der Waals surface area contributed by atoms with Gasteiger partial charge in [0, 0.05) is 148 Å². The van der Waals surface area contributed by atoms with E-state index in [4.69, 9.17) is 85.3 Å². The minimum Gasteiger partial charge on any atom is -0.481 e. The van der Waals surface area contributed by atoms with Gasteiger partial charge in [0.25, 0.3) is 0 Å². The Hall–Kier alpha value is -9.37. The van der Waals surface area contributed by atoms with Crippen molar-refractivity contribution in [1.29, 1.82) is 0 Å². The quantitative estimate of drug-likeness (QED) is 0.0250. The van der Waals surface area contributed by atoms with E-state index < -0.39 is 251 Å². The summed E-state index contributed by atoms with van der Waals surface area (Å²) in [6.45, 7) is 11.9. The molecule has 43 nitrogen and oxygen atoms in total. The number of amides is 7. The lowest BCUT2D eigenvalue weighted by atomic mass is 9.82. The van der Waals surface area contributed by atoms with E-state index in [2.05, 4.69) is 31.9 Å². The van der Waals surface area contributed by atoms with Crippen LogP contribution in [0.15, 0.2) is 0 Å². The molecule has 4 aliphatic rings. The molecule has 19 atom stereocenters. The Morgan fingerprint density at radius 1 is 0.333 bits per heavy atom. The first-order chi connectivity index (χ1) is 58.3. The standard InChI is InChI=1S/C80H127N7O36/c1-45(88)84-67-74(118-54(10)97)71(115-51(7)94)60(39-109-48(4)91)121-78(67)106-34-26-17-14-22-30-81-63(100)42-112-58-37-57(77(105)87(13)33-25-20-21-29-66(103)104)38-59(113-43-64(101)82-31-23-15-18-27-35-107-79-68(85-46(2)89)75(119-55(11)98)72(116-52(8)95)61(122-79)40-110-49(5)92)70(58)114-44-65(102)83-32-24-16-19-28-36-108-80-69(86-47(3)90)76(120-56(12)99)73(117-53(9)96)62(123-80)41-111-50(6)93/h57-62,67-76,78-80H,14-44H2,1-13H3,(H,81,100)(H,82,101)(H,83,102)(H,84,88)(H,85,89)(H,86,90)(H,103,104)/t57?,58-,59-,60-,61-,62-,67-,68+,69-,70?,71+,72+,73+,74-,75-,76-,78-,79+,80-/m1/s1. The van der Waals surface area contributed by atoms with Crippen LogP contribution in [-0.4, -0.2) is 314 Å². The van der Waals surface area contributed by atoms with E-state index in [1.54, 1.807) is 7.05 Å². The van der Waals surface area contributed by atoms with Gasteiger partial charge >= 0.3 is 59.7 Å². The van der Waals surface area contributed by atoms with E-state index in [1.807, 2.05) is 0 Å². The summed E-state index contributed by atoms with van der Waals surface area (Å²) in [4.78, 5) is 215. The van der Waals surface area contributed by atoms with Gasteiger partial charge in [-0.25, -0.2) is 0 Å². The van der Waals surface area contributed by atoms with Crippen molar-refractivity contribution in [2.45, 2.75) is 309 Å². The molecule has 43 heteroatoms. The van der Waals surface area contributed by atoms with Gasteiger partial charge in [-0.05, 0) is 64.2 Å². The zero-order valence-electron chi connectivity index (χ0n) is 72.6. The molecule has 0 aromatic rings. The Bertz CT molecular complexity index is 3310. The van der Waals surface area contributed by atoms with Crippen LogP contribution in [0, 0.1) is 5.92 Å². The molecule has 3 heterocycles. The molecule has 1 aliphatic carbocycles. The number of nitrogens with zero attached hydrogens (tertiary/aromatic N) is 1. The van der Waals surface area contributed by atoms with E-state index in [1.165, 1.54) is 25.7 Å². The van der Waals surface area contributed by atoms with Crippen LogP contribution in [0.2, 0.25) is 0 Å². The summed E-state index contributed by atoms with van der Waals surface area (Å²) in [6.07, 6.45) is -11.2. The molecule has 123 heavy (non-hydrogen) atoms. The van der Waals surface area contributed by atoms with Gasteiger partial charge in [-0.15, -0.1) is 0 Å². The number of carboxylic acids is 1. The topological polar surface area (TPSA) is 552 Å². The zero-order valence-corrected chi connectivity index (χ0v) is 72.6. The second kappa shape index (κ2) is 57.2. The predicted molar refractivity (Wildman–Crippen MR) is 420 cm³/mol. The van der Waals surface area contributed by atoms with Crippen molar-refractivity contribution in [3.05, 3.63) is 0 Å². The van der Waals surface area contributed by atoms with Crippen LogP contribution in [-0.2, 0) is 167 Å². The highest BCUT2D eigenvalue weighted by Crippen LogP contribution is 2.35. The summed E-state index contributed by atoms with van der Waals surface area (Å²) in [7, 11) is 1.59. The van der Waals surface area contributed by atoms with Crippen LogP contribution in [0.25, 0.3) is 0 Å². The van der Waals surface area contributed by atoms with Gasteiger partial charge < -0.3 is 127 Å². The Morgan fingerprint density at radius 3 is 0.902 bits per heavy atom. The third kappa shape index (κ3) is 41.8. The molecule has 3 aliphatic heterocycles. The maximum absolute atomic E-state index is 14.4. The van der Waals surface area contributed by atoms with Crippen LogP contribution in [0.1, 0.15) is 199 Å². The van der Waals surface area contributed by atoms with Crippen LogP contribution in [0.4, 0.5) is 0 Å². The molecule has 0 aromatic heterocycles. The number of carbonyl (C=O) groups is 17. The molecule has 4 rings (SSSR count). The number of carbonyl (C=O) groups excluding carboxylic acids is 16. The van der Waals surface area contributed by atoms with Crippen LogP contribution < -0.4 is 31.9 Å². The maximum atomic E-state index is 14.4. The highest BCUT2D eigenvalue weighted by atomic mass is 16.7. The first-order valence-corrected chi connectivity index (χ1v) is 41.5. The van der Waals surface area contributed by atoms with Crippen molar-refractivity contribution in [1.82, 2.24) is 36.8 Å². The number of nitrogens with one attached hydrogen (secondary N) is 6. The monoisotopic (exact) mass is 1760 g/mol. The predicted octanol–water partition coefficient (Wildman–Crippen LogP) is 0.703. The summed E-state index contributed by atoms with van der Waals surface area (Å²) in [6, 6.07) is -3.49. The Kier molecular flexibility index (Phi) is 49.3. The van der Waals surface area contributed by atoms with Crippen molar-refractivity contribution in [2.24, 2.45) is 5.92 Å². The van der Waals surface area contributed by atoms with E-state index >= 15 is 0 Å². The smallest absolute Gasteiger partial charge is 0.303 e. The fourth-order valence-corrected chi connectivity index (χ4v) is 14.1. The second-order valence-corrected chi connectivity index (χ2v) is 30.2.